The normalized spacial score (nSPS) is 13.6. The van der Waals surface area contributed by atoms with Crippen LogP contribution in [0.1, 0.15) is 25.0 Å². The van der Waals surface area contributed by atoms with Gasteiger partial charge in [0, 0.05) is 48.8 Å². The lowest BCUT2D eigenvalue weighted by Crippen LogP contribution is -2.16. The molecular formula is C51H34N2. The molecule has 2 aromatic heterocycles. The van der Waals surface area contributed by atoms with Gasteiger partial charge in [0.25, 0.3) is 0 Å². The van der Waals surface area contributed by atoms with Gasteiger partial charge in [0.1, 0.15) is 0 Å². The van der Waals surface area contributed by atoms with Crippen LogP contribution in [0.5, 0.6) is 0 Å². The molecule has 1 aliphatic rings. The van der Waals surface area contributed by atoms with Crippen molar-refractivity contribution in [3.8, 4) is 22.5 Å². The molecule has 9 aromatic carbocycles. The Hall–Kier alpha value is -6.64. The molecule has 0 unspecified atom stereocenters. The molecule has 0 saturated heterocycles. The van der Waals surface area contributed by atoms with Crippen LogP contribution in [0.25, 0.3) is 98.4 Å². The van der Waals surface area contributed by atoms with E-state index in [0.29, 0.717) is 0 Å². The predicted molar refractivity (Wildman–Crippen MR) is 225 cm³/mol. The van der Waals surface area contributed by atoms with Crippen LogP contribution >= 0.6 is 0 Å². The van der Waals surface area contributed by atoms with E-state index in [9.17, 15) is 0 Å². The average Bonchev–Trinajstić information content (AvgIpc) is 3.81. The summed E-state index contributed by atoms with van der Waals surface area (Å²) >= 11 is 0. The Morgan fingerprint density at radius 1 is 0.396 bits per heavy atom. The van der Waals surface area contributed by atoms with Crippen LogP contribution in [-0.4, -0.2) is 9.13 Å². The highest BCUT2D eigenvalue weighted by Gasteiger charge is 2.41. The van der Waals surface area contributed by atoms with Crippen LogP contribution in [0.15, 0.2) is 170 Å². The first-order valence-corrected chi connectivity index (χ1v) is 18.6. The molecular weight excluding hydrogens is 641 g/mol. The van der Waals surface area contributed by atoms with Gasteiger partial charge in [-0.05, 0) is 68.7 Å². The maximum absolute atomic E-state index is 2.60. The van der Waals surface area contributed by atoms with E-state index in [4.69, 9.17) is 0 Å². The van der Waals surface area contributed by atoms with E-state index in [2.05, 4.69) is 193 Å². The second-order valence-corrected chi connectivity index (χ2v) is 15.2. The minimum absolute atomic E-state index is 0.224. The van der Waals surface area contributed by atoms with E-state index >= 15 is 0 Å². The summed E-state index contributed by atoms with van der Waals surface area (Å²) in [5.41, 5.74) is 12.7. The van der Waals surface area contributed by atoms with E-state index in [0.717, 1.165) is 0 Å². The fourth-order valence-electron chi connectivity index (χ4n) is 10.2. The van der Waals surface area contributed by atoms with E-state index in [-0.39, 0.29) is 5.41 Å². The zero-order valence-electron chi connectivity index (χ0n) is 29.6. The molecule has 0 N–H and O–H groups in total. The molecule has 2 heteroatoms. The van der Waals surface area contributed by atoms with Gasteiger partial charge in [0.2, 0.25) is 0 Å². The first-order valence-electron chi connectivity index (χ1n) is 18.6. The van der Waals surface area contributed by atoms with Crippen molar-refractivity contribution >= 4 is 75.9 Å². The predicted octanol–water partition coefficient (Wildman–Crippen LogP) is 13.6. The third kappa shape index (κ3) is 3.63. The van der Waals surface area contributed by atoms with Crippen LogP contribution < -0.4 is 0 Å². The summed E-state index contributed by atoms with van der Waals surface area (Å²) in [6.07, 6.45) is 0. The number of para-hydroxylation sites is 3. The van der Waals surface area contributed by atoms with Crippen LogP contribution in [0, 0.1) is 0 Å². The van der Waals surface area contributed by atoms with Crippen molar-refractivity contribution in [3.63, 3.8) is 0 Å². The van der Waals surface area contributed by atoms with Gasteiger partial charge in [0.15, 0.2) is 0 Å². The van der Waals surface area contributed by atoms with Crippen LogP contribution in [-0.2, 0) is 5.41 Å². The summed E-state index contributed by atoms with van der Waals surface area (Å²) < 4.78 is 5.05. The molecule has 0 spiro atoms. The number of hydrogen-bond acceptors (Lipinski definition) is 0. The van der Waals surface area contributed by atoms with Gasteiger partial charge in [-0.15, -0.1) is 0 Å². The number of nitrogens with zero attached hydrogens (tertiary/aromatic N) is 2. The molecule has 53 heavy (non-hydrogen) atoms. The van der Waals surface area contributed by atoms with Gasteiger partial charge in [-0.25, -0.2) is 0 Å². The van der Waals surface area contributed by atoms with Gasteiger partial charge in [-0.3, -0.25) is 0 Å². The zero-order chi connectivity index (χ0) is 35.0. The van der Waals surface area contributed by atoms with Crippen molar-refractivity contribution in [2.24, 2.45) is 0 Å². The van der Waals surface area contributed by atoms with Gasteiger partial charge < -0.3 is 9.13 Å². The highest BCUT2D eigenvalue weighted by Crippen LogP contribution is 2.58. The highest BCUT2D eigenvalue weighted by molar-refractivity contribution is 6.28. The molecule has 0 fully saturated rings. The summed E-state index contributed by atoms with van der Waals surface area (Å²) in [5, 5.41) is 12.9. The number of aromatic nitrogens is 2. The van der Waals surface area contributed by atoms with Gasteiger partial charge >= 0.3 is 0 Å². The molecule has 2 nitrogen and oxygen atoms in total. The van der Waals surface area contributed by atoms with Gasteiger partial charge in [-0.1, -0.05) is 153 Å². The molecule has 0 aliphatic heterocycles. The van der Waals surface area contributed by atoms with Gasteiger partial charge in [0.05, 0.1) is 27.8 Å². The average molecular weight is 675 g/mol. The standard InChI is InChI=1S/C51H34N2/c1-51(2)47-33-19-7-6-16-31(33)28-29-40(47)45-36-22-9-11-24-38(36)50-46(48(45)51)39-25-13-15-27-43(39)53(50)44-30-41-35-21-12-14-26-42(35)52(32-17-4-3-5-18-32)49(41)37-23-10-8-20-34(37)44/h3-30H,1-2H3. The summed E-state index contributed by atoms with van der Waals surface area (Å²) in [6.45, 7) is 4.90. The minimum Gasteiger partial charge on any atom is -0.309 e. The Kier molecular flexibility index (Phi) is 5.60. The summed E-state index contributed by atoms with van der Waals surface area (Å²) in [7, 11) is 0. The van der Waals surface area contributed by atoms with Crippen LogP contribution in [0.4, 0.5) is 0 Å². The summed E-state index contributed by atoms with van der Waals surface area (Å²) in [4.78, 5) is 0. The fourth-order valence-corrected chi connectivity index (χ4v) is 10.2. The Morgan fingerprint density at radius 3 is 1.72 bits per heavy atom. The van der Waals surface area contributed by atoms with Crippen molar-refractivity contribution in [2.45, 2.75) is 19.3 Å². The maximum atomic E-state index is 2.60. The molecule has 0 atom stereocenters. The first-order chi connectivity index (χ1) is 26.1. The molecule has 248 valence electrons. The molecule has 2 heterocycles. The number of fused-ring (bicyclic) bond motifs is 17. The number of hydrogen-bond donors (Lipinski definition) is 0. The molecule has 11 aromatic rings. The van der Waals surface area contributed by atoms with Crippen LogP contribution in [0.3, 0.4) is 0 Å². The molecule has 1 aliphatic carbocycles. The second-order valence-electron chi connectivity index (χ2n) is 15.2. The lowest BCUT2D eigenvalue weighted by molar-refractivity contribution is 0.673. The van der Waals surface area contributed by atoms with E-state index in [1.807, 2.05) is 0 Å². The summed E-state index contributed by atoms with van der Waals surface area (Å²) in [5.74, 6) is 0. The maximum Gasteiger partial charge on any atom is 0.0623 e. The lowest BCUT2D eigenvalue weighted by Gasteiger charge is -2.25. The van der Waals surface area contributed by atoms with Crippen LogP contribution in [0.2, 0.25) is 0 Å². The fraction of sp³-hybridized carbons (Fsp3) is 0.0588. The molecule has 0 radical (unpaired) electrons. The Morgan fingerprint density at radius 2 is 0.962 bits per heavy atom. The summed E-state index contributed by atoms with van der Waals surface area (Å²) in [6, 6.07) is 63.0. The number of rotatable bonds is 2. The number of benzene rings is 9. The molecule has 12 rings (SSSR count). The SMILES string of the molecule is CC1(C)c2c(ccc3ccccc23)-c2c1c1c3ccccc3n(-c3cc4c5ccccc5n(-c5ccccc5)c4c4ccccc34)c1c1ccccc21. The smallest absolute Gasteiger partial charge is 0.0623 e. The van der Waals surface area contributed by atoms with E-state index in [1.165, 1.54) is 110 Å². The Balaban J connectivity index is 1.30. The quantitative estimate of drug-likeness (QED) is 0.173. The van der Waals surface area contributed by atoms with Crippen molar-refractivity contribution < 1.29 is 0 Å². The minimum atomic E-state index is -0.224. The van der Waals surface area contributed by atoms with Crippen molar-refractivity contribution in [2.75, 3.05) is 0 Å². The largest absolute Gasteiger partial charge is 0.309 e. The first kappa shape index (κ1) is 29.0. The third-order valence-electron chi connectivity index (χ3n) is 12.2. The molecule has 0 bridgehead atoms. The molecule has 0 amide bonds. The monoisotopic (exact) mass is 674 g/mol. The third-order valence-corrected chi connectivity index (χ3v) is 12.2. The van der Waals surface area contributed by atoms with Gasteiger partial charge in [-0.2, -0.15) is 0 Å². The van der Waals surface area contributed by atoms with E-state index in [1.54, 1.807) is 0 Å². The Labute approximate surface area is 306 Å². The van der Waals surface area contributed by atoms with Crippen molar-refractivity contribution in [1.29, 1.82) is 0 Å². The highest BCUT2D eigenvalue weighted by atomic mass is 15.0. The Bertz CT molecular complexity index is 3360. The zero-order valence-corrected chi connectivity index (χ0v) is 29.6. The van der Waals surface area contributed by atoms with Crippen molar-refractivity contribution in [1.82, 2.24) is 9.13 Å². The lowest BCUT2D eigenvalue weighted by atomic mass is 9.78. The van der Waals surface area contributed by atoms with E-state index < -0.39 is 0 Å². The van der Waals surface area contributed by atoms with Crippen molar-refractivity contribution in [3.05, 3.63) is 181 Å². The second kappa shape index (κ2) is 10.2. The molecule has 0 saturated carbocycles. The topological polar surface area (TPSA) is 9.86 Å².